The van der Waals surface area contributed by atoms with Crippen molar-refractivity contribution in [3.05, 3.63) is 42.0 Å². The Morgan fingerprint density at radius 1 is 1.36 bits per heavy atom. The van der Waals surface area contributed by atoms with Crippen LogP contribution in [0.25, 0.3) is 0 Å². The molecule has 1 aromatic rings. The van der Waals surface area contributed by atoms with Crippen LogP contribution >= 0.6 is 0 Å². The van der Waals surface area contributed by atoms with Crippen LogP contribution in [0.1, 0.15) is 38.2 Å². The molecule has 25 heavy (non-hydrogen) atoms. The molecule has 5 nitrogen and oxygen atoms in total. The molecular formula is C20H27N3O2. The molecule has 1 saturated heterocycles. The first-order chi connectivity index (χ1) is 12.2. The average molecular weight is 341 g/mol. The average Bonchev–Trinajstić information content (AvgIpc) is 3.09. The number of benzene rings is 1. The smallest absolute Gasteiger partial charge is 0.250 e. The molecule has 1 aromatic carbocycles. The maximum atomic E-state index is 12.5. The zero-order valence-corrected chi connectivity index (χ0v) is 14.8. The number of hydrogen-bond donors (Lipinski definition) is 2. The van der Waals surface area contributed by atoms with Crippen molar-refractivity contribution in [1.29, 1.82) is 0 Å². The summed E-state index contributed by atoms with van der Waals surface area (Å²) in [5.41, 5.74) is 2.22. The van der Waals surface area contributed by atoms with Crippen molar-refractivity contribution < 1.29 is 9.59 Å². The molecule has 2 aliphatic heterocycles. The highest BCUT2D eigenvalue weighted by Crippen LogP contribution is 2.27. The number of nitrogens with zero attached hydrogens (tertiary/aromatic N) is 1. The SMILES string of the molecule is CCC(C=CC(=O)N1CCc2ccccc21)NC(=O)C1CCCCN1. The van der Waals surface area contributed by atoms with E-state index in [1.807, 2.05) is 36.1 Å². The molecule has 1 fully saturated rings. The third-order valence-electron chi connectivity index (χ3n) is 5.02. The molecule has 5 heteroatoms. The Labute approximate surface area is 149 Å². The minimum atomic E-state index is -0.113. The lowest BCUT2D eigenvalue weighted by molar-refractivity contribution is -0.124. The molecule has 0 saturated carbocycles. The summed E-state index contributed by atoms with van der Waals surface area (Å²) in [6.07, 6.45) is 8.19. The normalized spacial score (nSPS) is 21.2. The topological polar surface area (TPSA) is 61.4 Å². The van der Waals surface area contributed by atoms with Crippen LogP contribution in [0.5, 0.6) is 0 Å². The molecule has 2 aliphatic rings. The number of para-hydroxylation sites is 1. The van der Waals surface area contributed by atoms with Gasteiger partial charge in [0.05, 0.1) is 6.04 Å². The molecule has 3 rings (SSSR count). The molecule has 0 aliphatic carbocycles. The number of carbonyl (C=O) groups excluding carboxylic acids is 2. The highest BCUT2D eigenvalue weighted by atomic mass is 16.2. The van der Waals surface area contributed by atoms with Gasteiger partial charge in [-0.3, -0.25) is 9.59 Å². The van der Waals surface area contributed by atoms with Crippen molar-refractivity contribution in [3.63, 3.8) is 0 Å². The molecule has 2 unspecified atom stereocenters. The Balaban J connectivity index is 1.57. The largest absolute Gasteiger partial charge is 0.349 e. The van der Waals surface area contributed by atoms with E-state index in [0.717, 1.165) is 50.9 Å². The van der Waals surface area contributed by atoms with Crippen LogP contribution < -0.4 is 15.5 Å². The maximum absolute atomic E-state index is 12.5. The molecule has 134 valence electrons. The molecule has 2 amide bonds. The van der Waals surface area contributed by atoms with Crippen LogP contribution in [0.3, 0.4) is 0 Å². The fourth-order valence-electron chi connectivity index (χ4n) is 3.50. The molecule has 0 aromatic heterocycles. The van der Waals surface area contributed by atoms with E-state index in [1.165, 1.54) is 5.56 Å². The van der Waals surface area contributed by atoms with Crippen LogP contribution in [-0.2, 0) is 16.0 Å². The van der Waals surface area contributed by atoms with E-state index in [1.54, 1.807) is 6.08 Å². The number of amides is 2. The third-order valence-corrected chi connectivity index (χ3v) is 5.02. The van der Waals surface area contributed by atoms with Crippen LogP contribution in [-0.4, -0.2) is 37.0 Å². The monoisotopic (exact) mass is 341 g/mol. The van der Waals surface area contributed by atoms with E-state index >= 15 is 0 Å². The van der Waals surface area contributed by atoms with Gasteiger partial charge in [-0.15, -0.1) is 0 Å². The summed E-state index contributed by atoms with van der Waals surface area (Å²) in [5.74, 6) is 0.0172. The predicted molar refractivity (Wildman–Crippen MR) is 99.5 cm³/mol. The molecular weight excluding hydrogens is 314 g/mol. The summed E-state index contributed by atoms with van der Waals surface area (Å²) >= 11 is 0. The summed E-state index contributed by atoms with van der Waals surface area (Å²) in [4.78, 5) is 26.7. The summed E-state index contributed by atoms with van der Waals surface area (Å²) in [6.45, 7) is 3.63. The van der Waals surface area contributed by atoms with Gasteiger partial charge in [0.25, 0.3) is 5.91 Å². The lowest BCUT2D eigenvalue weighted by atomic mass is 10.0. The van der Waals surface area contributed by atoms with Crippen molar-refractivity contribution in [3.8, 4) is 0 Å². The molecule has 0 spiro atoms. The second kappa shape index (κ2) is 8.30. The minimum Gasteiger partial charge on any atom is -0.349 e. The standard InChI is InChI=1S/C20H27N3O2/c1-2-16(22-20(25)17-8-5-6-13-21-17)10-11-19(24)23-14-12-15-7-3-4-9-18(15)23/h3-4,7,9-11,16-17,21H,2,5-6,8,12-14H2,1H3,(H,22,25). The van der Waals surface area contributed by atoms with Crippen molar-refractivity contribution in [2.24, 2.45) is 0 Å². The van der Waals surface area contributed by atoms with Crippen LogP contribution in [0.15, 0.2) is 36.4 Å². The third kappa shape index (κ3) is 4.28. The Hall–Kier alpha value is -2.14. The van der Waals surface area contributed by atoms with Crippen molar-refractivity contribution in [1.82, 2.24) is 10.6 Å². The number of piperidine rings is 1. The van der Waals surface area contributed by atoms with Gasteiger partial charge >= 0.3 is 0 Å². The predicted octanol–water partition coefficient (Wildman–Crippen LogP) is 2.17. The lowest BCUT2D eigenvalue weighted by Gasteiger charge is -2.24. The molecule has 0 bridgehead atoms. The fraction of sp³-hybridized carbons (Fsp3) is 0.500. The van der Waals surface area contributed by atoms with Crippen LogP contribution in [0.4, 0.5) is 5.69 Å². The van der Waals surface area contributed by atoms with Gasteiger partial charge in [0, 0.05) is 24.4 Å². The molecule has 2 atom stereocenters. The maximum Gasteiger partial charge on any atom is 0.250 e. The number of anilines is 1. The van der Waals surface area contributed by atoms with Gasteiger partial charge in [-0.05, 0) is 43.9 Å². The van der Waals surface area contributed by atoms with E-state index in [0.29, 0.717) is 0 Å². The molecule has 2 N–H and O–H groups in total. The lowest BCUT2D eigenvalue weighted by Crippen LogP contribution is -2.49. The number of carbonyl (C=O) groups is 2. The number of fused-ring (bicyclic) bond motifs is 1. The van der Waals surface area contributed by atoms with Crippen molar-refractivity contribution in [2.45, 2.75) is 51.1 Å². The summed E-state index contributed by atoms with van der Waals surface area (Å²) < 4.78 is 0. The second-order valence-corrected chi connectivity index (χ2v) is 6.75. The fourth-order valence-corrected chi connectivity index (χ4v) is 3.50. The quantitative estimate of drug-likeness (QED) is 0.807. The van der Waals surface area contributed by atoms with E-state index in [-0.39, 0.29) is 23.9 Å². The van der Waals surface area contributed by atoms with E-state index in [4.69, 9.17) is 0 Å². The second-order valence-electron chi connectivity index (χ2n) is 6.75. The highest BCUT2D eigenvalue weighted by Gasteiger charge is 2.24. The Morgan fingerprint density at radius 3 is 2.96 bits per heavy atom. The number of nitrogens with one attached hydrogen (secondary N) is 2. The van der Waals surface area contributed by atoms with Gasteiger partial charge in [-0.1, -0.05) is 37.6 Å². The van der Waals surface area contributed by atoms with Gasteiger partial charge < -0.3 is 15.5 Å². The Kier molecular flexibility index (Phi) is 5.87. The zero-order valence-electron chi connectivity index (χ0n) is 14.8. The molecule has 0 radical (unpaired) electrons. The number of rotatable bonds is 5. The number of hydrogen-bond acceptors (Lipinski definition) is 3. The highest BCUT2D eigenvalue weighted by molar-refractivity contribution is 6.03. The van der Waals surface area contributed by atoms with Gasteiger partial charge in [-0.25, -0.2) is 0 Å². The van der Waals surface area contributed by atoms with Crippen molar-refractivity contribution >= 4 is 17.5 Å². The first kappa shape index (κ1) is 17.7. The summed E-state index contributed by atoms with van der Waals surface area (Å²) in [7, 11) is 0. The molecule has 2 heterocycles. The zero-order chi connectivity index (χ0) is 17.6. The van der Waals surface area contributed by atoms with Gasteiger partial charge in [0.1, 0.15) is 0 Å². The van der Waals surface area contributed by atoms with Crippen molar-refractivity contribution in [2.75, 3.05) is 18.0 Å². The Morgan fingerprint density at radius 2 is 2.20 bits per heavy atom. The van der Waals surface area contributed by atoms with Gasteiger partial charge in [-0.2, -0.15) is 0 Å². The van der Waals surface area contributed by atoms with E-state index in [9.17, 15) is 9.59 Å². The minimum absolute atomic E-state index is 0.0200. The Bertz CT molecular complexity index is 650. The van der Waals surface area contributed by atoms with Gasteiger partial charge in [0.15, 0.2) is 0 Å². The van der Waals surface area contributed by atoms with E-state index < -0.39 is 0 Å². The first-order valence-electron chi connectivity index (χ1n) is 9.30. The van der Waals surface area contributed by atoms with Gasteiger partial charge in [0.2, 0.25) is 5.91 Å². The van der Waals surface area contributed by atoms with E-state index in [2.05, 4.69) is 16.7 Å². The summed E-state index contributed by atoms with van der Waals surface area (Å²) in [6, 6.07) is 7.81. The van der Waals surface area contributed by atoms with Crippen LogP contribution in [0.2, 0.25) is 0 Å². The van der Waals surface area contributed by atoms with Crippen LogP contribution in [0, 0.1) is 0 Å². The first-order valence-corrected chi connectivity index (χ1v) is 9.30. The summed E-state index contributed by atoms with van der Waals surface area (Å²) in [5, 5.41) is 6.30.